The summed E-state index contributed by atoms with van der Waals surface area (Å²) in [5.41, 5.74) is 1.20. The molecule has 1 N–H and O–H groups in total. The zero-order valence-corrected chi connectivity index (χ0v) is 16.0. The van der Waals surface area contributed by atoms with E-state index in [9.17, 15) is 9.59 Å². The SMILES string of the molecule is Cc1ccc(C(CNC(=O)c2cccc(N3CCOC3=O)c2)N2CCCC2)o1. The van der Waals surface area contributed by atoms with Crippen molar-refractivity contribution in [2.75, 3.05) is 37.7 Å². The van der Waals surface area contributed by atoms with E-state index in [4.69, 9.17) is 9.15 Å². The summed E-state index contributed by atoms with van der Waals surface area (Å²) in [6.45, 7) is 5.29. The van der Waals surface area contributed by atoms with Gasteiger partial charge in [-0.1, -0.05) is 6.07 Å². The van der Waals surface area contributed by atoms with Gasteiger partial charge in [-0.2, -0.15) is 0 Å². The molecule has 2 aromatic rings. The van der Waals surface area contributed by atoms with Gasteiger partial charge in [0.05, 0.1) is 12.6 Å². The lowest BCUT2D eigenvalue weighted by Crippen LogP contribution is -2.36. The molecule has 0 aliphatic carbocycles. The second-order valence-electron chi connectivity index (χ2n) is 7.23. The third-order valence-corrected chi connectivity index (χ3v) is 5.31. The molecule has 7 heteroatoms. The van der Waals surface area contributed by atoms with E-state index in [2.05, 4.69) is 10.2 Å². The maximum atomic E-state index is 12.8. The number of carbonyl (C=O) groups excluding carboxylic acids is 2. The molecule has 0 spiro atoms. The standard InChI is InChI=1S/C21H25N3O4/c1-15-7-8-19(28-15)18(23-9-2-3-10-23)14-22-20(25)16-5-4-6-17(13-16)24-11-12-27-21(24)26/h4-8,13,18H,2-3,9-12,14H2,1H3,(H,22,25). The Morgan fingerprint density at radius 2 is 2.00 bits per heavy atom. The Morgan fingerprint density at radius 1 is 1.18 bits per heavy atom. The van der Waals surface area contributed by atoms with Crippen LogP contribution in [-0.4, -0.2) is 49.7 Å². The summed E-state index contributed by atoms with van der Waals surface area (Å²) < 4.78 is 10.8. The van der Waals surface area contributed by atoms with Crippen molar-refractivity contribution in [1.82, 2.24) is 10.2 Å². The van der Waals surface area contributed by atoms with Gasteiger partial charge >= 0.3 is 6.09 Å². The zero-order valence-electron chi connectivity index (χ0n) is 16.0. The molecule has 1 atom stereocenters. The van der Waals surface area contributed by atoms with Crippen molar-refractivity contribution >= 4 is 17.7 Å². The van der Waals surface area contributed by atoms with Gasteiger partial charge in [0.15, 0.2) is 0 Å². The van der Waals surface area contributed by atoms with Crippen LogP contribution in [0.25, 0.3) is 0 Å². The van der Waals surface area contributed by atoms with E-state index in [1.54, 1.807) is 18.2 Å². The van der Waals surface area contributed by atoms with Gasteiger partial charge in [0.2, 0.25) is 0 Å². The number of nitrogens with zero attached hydrogens (tertiary/aromatic N) is 2. The number of likely N-dealkylation sites (tertiary alicyclic amines) is 1. The third kappa shape index (κ3) is 3.89. The summed E-state index contributed by atoms with van der Waals surface area (Å²) >= 11 is 0. The van der Waals surface area contributed by atoms with E-state index >= 15 is 0 Å². The van der Waals surface area contributed by atoms with Crippen LogP contribution in [0.3, 0.4) is 0 Å². The Morgan fingerprint density at radius 3 is 2.68 bits per heavy atom. The first-order valence-electron chi connectivity index (χ1n) is 9.75. The molecule has 4 rings (SSSR count). The molecule has 7 nitrogen and oxygen atoms in total. The molecule has 3 heterocycles. The van der Waals surface area contributed by atoms with Crippen LogP contribution < -0.4 is 10.2 Å². The van der Waals surface area contributed by atoms with Gasteiger partial charge in [-0.15, -0.1) is 0 Å². The highest BCUT2D eigenvalue weighted by Gasteiger charge is 2.27. The number of hydrogen-bond donors (Lipinski definition) is 1. The Balaban J connectivity index is 1.45. The van der Waals surface area contributed by atoms with Crippen molar-refractivity contribution in [3.05, 3.63) is 53.5 Å². The van der Waals surface area contributed by atoms with Crippen LogP contribution >= 0.6 is 0 Å². The number of nitrogens with one attached hydrogen (secondary N) is 1. The molecule has 0 radical (unpaired) electrons. The highest BCUT2D eigenvalue weighted by atomic mass is 16.6. The minimum atomic E-state index is -0.375. The average Bonchev–Trinajstić information content (AvgIpc) is 3.45. The Labute approximate surface area is 164 Å². The fraction of sp³-hybridized carbons (Fsp3) is 0.429. The molecule has 1 aromatic carbocycles. The molecular weight excluding hydrogens is 358 g/mol. The molecule has 0 bridgehead atoms. The number of benzene rings is 1. The number of cyclic esters (lactones) is 1. The topological polar surface area (TPSA) is 75.0 Å². The van der Waals surface area contributed by atoms with Crippen molar-refractivity contribution in [2.45, 2.75) is 25.8 Å². The van der Waals surface area contributed by atoms with Crippen LogP contribution in [0, 0.1) is 6.92 Å². The number of carbonyl (C=O) groups is 2. The van der Waals surface area contributed by atoms with Gasteiger partial charge in [0.25, 0.3) is 5.91 Å². The molecule has 2 saturated heterocycles. The van der Waals surface area contributed by atoms with Crippen LogP contribution in [0.4, 0.5) is 10.5 Å². The average molecular weight is 383 g/mol. The number of anilines is 1. The molecule has 2 aliphatic heterocycles. The van der Waals surface area contributed by atoms with E-state index in [-0.39, 0.29) is 18.0 Å². The fourth-order valence-corrected chi connectivity index (χ4v) is 3.83. The first-order chi connectivity index (χ1) is 13.6. The number of ether oxygens (including phenoxy) is 1. The number of amides is 2. The van der Waals surface area contributed by atoms with E-state index in [1.165, 1.54) is 4.90 Å². The summed E-state index contributed by atoms with van der Waals surface area (Å²) in [6, 6.07) is 11.0. The summed E-state index contributed by atoms with van der Waals surface area (Å²) in [6.07, 6.45) is 1.95. The lowest BCUT2D eigenvalue weighted by Gasteiger charge is -2.26. The zero-order chi connectivity index (χ0) is 19.5. The van der Waals surface area contributed by atoms with Gasteiger partial charge < -0.3 is 14.5 Å². The maximum absolute atomic E-state index is 12.8. The molecule has 2 amide bonds. The monoisotopic (exact) mass is 383 g/mol. The van der Waals surface area contributed by atoms with Gasteiger partial charge in [0, 0.05) is 17.8 Å². The smallest absolute Gasteiger partial charge is 0.414 e. The minimum absolute atomic E-state index is 0.0249. The second-order valence-corrected chi connectivity index (χ2v) is 7.23. The van der Waals surface area contributed by atoms with Crippen molar-refractivity contribution in [3.8, 4) is 0 Å². The Bertz CT molecular complexity index is 857. The lowest BCUT2D eigenvalue weighted by atomic mass is 10.1. The highest BCUT2D eigenvalue weighted by Crippen LogP contribution is 2.26. The predicted octanol–water partition coefficient (Wildman–Crippen LogP) is 3.11. The normalized spacial score (nSPS) is 18.3. The van der Waals surface area contributed by atoms with E-state index in [1.807, 2.05) is 25.1 Å². The van der Waals surface area contributed by atoms with Gasteiger partial charge in [0.1, 0.15) is 18.1 Å². The van der Waals surface area contributed by atoms with Crippen LogP contribution in [0.2, 0.25) is 0 Å². The number of rotatable bonds is 6. The molecule has 1 unspecified atom stereocenters. The van der Waals surface area contributed by atoms with Gasteiger partial charge in [-0.3, -0.25) is 14.6 Å². The number of furan rings is 1. The van der Waals surface area contributed by atoms with Crippen LogP contribution in [-0.2, 0) is 4.74 Å². The summed E-state index contributed by atoms with van der Waals surface area (Å²) in [4.78, 5) is 28.4. The van der Waals surface area contributed by atoms with Crippen LogP contribution in [0.15, 0.2) is 40.8 Å². The fourth-order valence-electron chi connectivity index (χ4n) is 3.83. The Hall–Kier alpha value is -2.80. The molecule has 2 fully saturated rings. The minimum Gasteiger partial charge on any atom is -0.465 e. The summed E-state index contributed by atoms with van der Waals surface area (Å²) in [5, 5.41) is 3.04. The van der Waals surface area contributed by atoms with Crippen molar-refractivity contribution in [2.24, 2.45) is 0 Å². The van der Waals surface area contributed by atoms with Crippen molar-refractivity contribution in [1.29, 1.82) is 0 Å². The lowest BCUT2D eigenvalue weighted by molar-refractivity contribution is 0.0933. The molecule has 0 saturated carbocycles. The third-order valence-electron chi connectivity index (χ3n) is 5.31. The molecule has 148 valence electrons. The van der Waals surface area contributed by atoms with Crippen molar-refractivity contribution < 1.29 is 18.7 Å². The molecule has 1 aromatic heterocycles. The first kappa shape index (κ1) is 18.6. The second kappa shape index (κ2) is 8.06. The first-order valence-corrected chi connectivity index (χ1v) is 9.75. The number of hydrogen-bond acceptors (Lipinski definition) is 5. The van der Waals surface area contributed by atoms with Gasteiger partial charge in [-0.05, 0) is 63.2 Å². The van der Waals surface area contributed by atoms with E-state index in [0.717, 1.165) is 37.5 Å². The van der Waals surface area contributed by atoms with Crippen molar-refractivity contribution in [3.63, 3.8) is 0 Å². The Kier molecular flexibility index (Phi) is 5.34. The quantitative estimate of drug-likeness (QED) is 0.830. The summed E-state index contributed by atoms with van der Waals surface area (Å²) in [5.74, 6) is 1.59. The van der Waals surface area contributed by atoms with E-state index in [0.29, 0.717) is 30.9 Å². The molecule has 2 aliphatic rings. The molecular formula is C21H25N3O4. The van der Waals surface area contributed by atoms with Crippen LogP contribution in [0.1, 0.15) is 40.8 Å². The highest BCUT2D eigenvalue weighted by molar-refractivity contribution is 5.97. The maximum Gasteiger partial charge on any atom is 0.414 e. The molecule has 28 heavy (non-hydrogen) atoms. The number of aryl methyl sites for hydroxylation is 1. The predicted molar refractivity (Wildman–Crippen MR) is 104 cm³/mol. The van der Waals surface area contributed by atoms with Gasteiger partial charge in [-0.25, -0.2) is 4.79 Å². The van der Waals surface area contributed by atoms with Crippen LogP contribution in [0.5, 0.6) is 0 Å². The van der Waals surface area contributed by atoms with E-state index < -0.39 is 0 Å². The largest absolute Gasteiger partial charge is 0.465 e. The summed E-state index contributed by atoms with van der Waals surface area (Å²) in [7, 11) is 0.